The van der Waals surface area contributed by atoms with E-state index < -0.39 is 11.9 Å². The summed E-state index contributed by atoms with van der Waals surface area (Å²) in [5.74, 6) is -1.98. The molecular formula is C11H13ClFNO2. The Hall–Kier alpha value is -1.13. The van der Waals surface area contributed by atoms with Gasteiger partial charge in [0.1, 0.15) is 5.82 Å². The minimum absolute atomic E-state index is 0. The molecule has 16 heavy (non-hydrogen) atoms. The van der Waals surface area contributed by atoms with E-state index in [2.05, 4.69) is 5.32 Å². The Morgan fingerprint density at radius 2 is 2.06 bits per heavy atom. The number of aliphatic carboxylic acids is 1. The lowest BCUT2D eigenvalue weighted by Crippen LogP contribution is -2.21. The van der Waals surface area contributed by atoms with Crippen molar-refractivity contribution in [1.82, 2.24) is 5.32 Å². The molecule has 2 atom stereocenters. The molecule has 2 N–H and O–H groups in total. The van der Waals surface area contributed by atoms with Crippen molar-refractivity contribution in [3.8, 4) is 0 Å². The summed E-state index contributed by atoms with van der Waals surface area (Å²) in [6.45, 7) is 0.937. The molecule has 0 radical (unpaired) electrons. The van der Waals surface area contributed by atoms with E-state index in [0.29, 0.717) is 18.7 Å². The van der Waals surface area contributed by atoms with E-state index in [-0.39, 0.29) is 24.1 Å². The molecule has 0 saturated carbocycles. The third-order valence-electron chi connectivity index (χ3n) is 2.84. The maximum Gasteiger partial charge on any atom is 0.308 e. The molecule has 3 nitrogen and oxygen atoms in total. The maximum atomic E-state index is 13.5. The van der Waals surface area contributed by atoms with E-state index >= 15 is 0 Å². The van der Waals surface area contributed by atoms with Crippen LogP contribution in [0.4, 0.5) is 4.39 Å². The summed E-state index contributed by atoms with van der Waals surface area (Å²) in [6.07, 6.45) is 0. The molecule has 1 heterocycles. The second-order valence-corrected chi connectivity index (χ2v) is 3.73. The lowest BCUT2D eigenvalue weighted by molar-refractivity contribution is -0.141. The van der Waals surface area contributed by atoms with Gasteiger partial charge in [0.05, 0.1) is 5.92 Å². The molecule has 0 spiro atoms. The van der Waals surface area contributed by atoms with Crippen molar-refractivity contribution in [1.29, 1.82) is 0 Å². The zero-order chi connectivity index (χ0) is 10.8. The quantitative estimate of drug-likeness (QED) is 0.833. The van der Waals surface area contributed by atoms with E-state index in [9.17, 15) is 9.18 Å². The molecule has 0 aromatic heterocycles. The van der Waals surface area contributed by atoms with Crippen molar-refractivity contribution >= 4 is 18.4 Å². The molecule has 5 heteroatoms. The van der Waals surface area contributed by atoms with Gasteiger partial charge in [-0.2, -0.15) is 0 Å². The van der Waals surface area contributed by atoms with Crippen molar-refractivity contribution in [3.05, 3.63) is 35.6 Å². The van der Waals surface area contributed by atoms with Crippen LogP contribution in [0.3, 0.4) is 0 Å². The van der Waals surface area contributed by atoms with Gasteiger partial charge in [0, 0.05) is 19.0 Å². The smallest absolute Gasteiger partial charge is 0.308 e. The first-order valence-electron chi connectivity index (χ1n) is 4.88. The topological polar surface area (TPSA) is 49.3 Å². The Morgan fingerprint density at radius 3 is 2.69 bits per heavy atom. The predicted molar refractivity (Wildman–Crippen MR) is 60.4 cm³/mol. The summed E-state index contributed by atoms with van der Waals surface area (Å²) in [5, 5.41) is 12.0. The van der Waals surface area contributed by atoms with E-state index in [1.165, 1.54) is 6.07 Å². The number of carboxylic acids is 1. The Balaban J connectivity index is 0.00000128. The van der Waals surface area contributed by atoms with Gasteiger partial charge in [0.25, 0.3) is 0 Å². The van der Waals surface area contributed by atoms with Crippen LogP contribution in [-0.4, -0.2) is 24.2 Å². The fourth-order valence-corrected chi connectivity index (χ4v) is 2.04. The number of hydrogen-bond acceptors (Lipinski definition) is 2. The zero-order valence-corrected chi connectivity index (χ0v) is 9.34. The van der Waals surface area contributed by atoms with Crippen LogP contribution in [0.25, 0.3) is 0 Å². The van der Waals surface area contributed by atoms with Crippen LogP contribution in [0.2, 0.25) is 0 Å². The van der Waals surface area contributed by atoms with E-state index in [0.717, 1.165) is 0 Å². The van der Waals surface area contributed by atoms with E-state index in [1.807, 2.05) is 0 Å². The van der Waals surface area contributed by atoms with Gasteiger partial charge < -0.3 is 10.4 Å². The summed E-state index contributed by atoms with van der Waals surface area (Å²) in [5.41, 5.74) is 0.495. The number of hydrogen-bond donors (Lipinski definition) is 2. The van der Waals surface area contributed by atoms with Gasteiger partial charge in [-0.05, 0) is 11.6 Å². The monoisotopic (exact) mass is 245 g/mol. The maximum absolute atomic E-state index is 13.5. The van der Waals surface area contributed by atoms with Crippen LogP contribution in [0, 0.1) is 11.7 Å². The summed E-state index contributed by atoms with van der Waals surface area (Å²) in [7, 11) is 0. The molecule has 2 rings (SSSR count). The van der Waals surface area contributed by atoms with E-state index in [4.69, 9.17) is 5.11 Å². The van der Waals surface area contributed by atoms with Gasteiger partial charge in [-0.3, -0.25) is 4.79 Å². The van der Waals surface area contributed by atoms with Crippen LogP contribution in [-0.2, 0) is 4.79 Å². The molecule has 1 aliphatic heterocycles. The fraction of sp³-hybridized carbons (Fsp3) is 0.364. The number of nitrogens with one attached hydrogen (secondary N) is 1. The van der Waals surface area contributed by atoms with Gasteiger partial charge >= 0.3 is 5.97 Å². The lowest BCUT2D eigenvalue weighted by atomic mass is 9.89. The van der Waals surface area contributed by atoms with Crippen molar-refractivity contribution in [2.45, 2.75) is 5.92 Å². The average Bonchev–Trinajstić information content (AvgIpc) is 2.67. The lowest BCUT2D eigenvalue weighted by Gasteiger charge is -2.15. The molecule has 0 bridgehead atoms. The molecular weight excluding hydrogens is 233 g/mol. The predicted octanol–water partition coefficient (Wildman–Crippen LogP) is 1.64. The van der Waals surface area contributed by atoms with Crippen LogP contribution < -0.4 is 5.32 Å². The Bertz CT molecular complexity index is 386. The summed E-state index contributed by atoms with van der Waals surface area (Å²) in [4.78, 5) is 10.9. The minimum Gasteiger partial charge on any atom is -0.481 e. The van der Waals surface area contributed by atoms with Gasteiger partial charge in [-0.1, -0.05) is 18.2 Å². The van der Waals surface area contributed by atoms with Crippen molar-refractivity contribution in [2.75, 3.05) is 13.1 Å². The molecule has 1 aliphatic rings. The molecule has 88 valence electrons. The number of benzene rings is 1. The number of halogens is 2. The largest absolute Gasteiger partial charge is 0.481 e. The Kier molecular flexibility index (Phi) is 4.26. The molecule has 1 saturated heterocycles. The molecule has 0 aliphatic carbocycles. The van der Waals surface area contributed by atoms with Crippen molar-refractivity contribution in [2.24, 2.45) is 5.92 Å². The Morgan fingerprint density at radius 1 is 1.38 bits per heavy atom. The molecule has 2 unspecified atom stereocenters. The standard InChI is InChI=1S/C11H12FNO2.ClH/c12-10-4-2-1-3-7(10)8-5-13-6-9(8)11(14)15;/h1-4,8-9,13H,5-6H2,(H,14,15);1H. The normalized spacial score (nSPS) is 23.8. The highest BCUT2D eigenvalue weighted by molar-refractivity contribution is 5.85. The third kappa shape index (κ3) is 2.33. The summed E-state index contributed by atoms with van der Waals surface area (Å²) < 4.78 is 13.5. The SMILES string of the molecule is Cl.O=C(O)C1CNCC1c1ccccc1F. The van der Waals surface area contributed by atoms with Crippen molar-refractivity contribution in [3.63, 3.8) is 0 Å². The first kappa shape index (κ1) is 12.9. The third-order valence-corrected chi connectivity index (χ3v) is 2.84. The van der Waals surface area contributed by atoms with Crippen molar-refractivity contribution < 1.29 is 14.3 Å². The number of carboxylic acid groups (broad SMARTS) is 1. The highest BCUT2D eigenvalue weighted by atomic mass is 35.5. The second-order valence-electron chi connectivity index (χ2n) is 3.73. The molecule has 0 amide bonds. The van der Waals surface area contributed by atoms with Crippen LogP contribution in [0.15, 0.2) is 24.3 Å². The fourth-order valence-electron chi connectivity index (χ4n) is 2.04. The van der Waals surface area contributed by atoms with Crippen LogP contribution in [0.5, 0.6) is 0 Å². The zero-order valence-electron chi connectivity index (χ0n) is 8.52. The van der Waals surface area contributed by atoms with Gasteiger partial charge in [0.15, 0.2) is 0 Å². The minimum atomic E-state index is -0.867. The number of carbonyl (C=O) groups is 1. The van der Waals surface area contributed by atoms with Gasteiger partial charge in [0.2, 0.25) is 0 Å². The van der Waals surface area contributed by atoms with Gasteiger partial charge in [-0.15, -0.1) is 12.4 Å². The average molecular weight is 246 g/mol. The first-order valence-corrected chi connectivity index (χ1v) is 4.88. The second kappa shape index (κ2) is 5.27. The summed E-state index contributed by atoms with van der Waals surface area (Å²) in [6, 6.07) is 6.36. The molecule has 1 aromatic rings. The van der Waals surface area contributed by atoms with E-state index in [1.54, 1.807) is 18.2 Å². The highest BCUT2D eigenvalue weighted by Crippen LogP contribution is 2.29. The molecule has 1 aromatic carbocycles. The Labute approximate surface area is 99.1 Å². The van der Waals surface area contributed by atoms with Crippen LogP contribution >= 0.6 is 12.4 Å². The molecule has 1 fully saturated rings. The van der Waals surface area contributed by atoms with Gasteiger partial charge in [-0.25, -0.2) is 4.39 Å². The number of rotatable bonds is 2. The summed E-state index contributed by atoms with van der Waals surface area (Å²) >= 11 is 0. The first-order chi connectivity index (χ1) is 7.20. The highest BCUT2D eigenvalue weighted by Gasteiger charge is 2.35. The van der Waals surface area contributed by atoms with Crippen LogP contribution in [0.1, 0.15) is 11.5 Å².